The average Bonchev–Trinajstić information content (AvgIpc) is 3.40. The van der Waals surface area contributed by atoms with Crippen LogP contribution in [-0.2, 0) is 29.1 Å². The molecule has 8 heteroatoms. The third kappa shape index (κ3) is 14.5. The van der Waals surface area contributed by atoms with Gasteiger partial charge in [0.1, 0.15) is 0 Å². The molecule has 0 fully saturated rings. The number of nitrogens with one attached hydrogen (secondary N) is 3. The Kier molecular flexibility index (Phi) is 18.9. The molecule has 1 aliphatic carbocycles. The Hall–Kier alpha value is -1.31. The van der Waals surface area contributed by atoms with Crippen LogP contribution >= 0.6 is 0 Å². The molecule has 0 aliphatic heterocycles. The number of hydrogen-bond acceptors (Lipinski definition) is 3. The molecule has 0 aromatic heterocycles. The van der Waals surface area contributed by atoms with Gasteiger partial charge in [-0.1, -0.05) is 0 Å². The van der Waals surface area contributed by atoms with Crippen LogP contribution in [0.15, 0.2) is 21.6 Å². The van der Waals surface area contributed by atoms with Crippen molar-refractivity contribution in [2.75, 3.05) is 0 Å². The van der Waals surface area contributed by atoms with Gasteiger partial charge < -0.3 is 0 Å². The van der Waals surface area contributed by atoms with Crippen LogP contribution < -0.4 is 12.5 Å². The van der Waals surface area contributed by atoms with E-state index in [0.717, 1.165) is 62.1 Å². The van der Waals surface area contributed by atoms with Crippen molar-refractivity contribution in [2.24, 2.45) is 0 Å². The quantitative estimate of drug-likeness (QED) is 0.0798. The molecule has 0 radical (unpaired) electrons. The Morgan fingerprint density at radius 2 is 0.975 bits per heavy atom. The van der Waals surface area contributed by atoms with Crippen LogP contribution in [0.1, 0.15) is 143 Å². The summed E-state index contributed by atoms with van der Waals surface area (Å²) in [4.78, 5) is 40.3. The zero-order valence-corrected chi connectivity index (χ0v) is 29.2. The predicted molar refractivity (Wildman–Crippen MR) is 169 cm³/mol. The summed E-state index contributed by atoms with van der Waals surface area (Å²) in [5, 5.41) is 1.26. The van der Waals surface area contributed by atoms with Crippen molar-refractivity contribution in [1.29, 1.82) is 0 Å². The molecule has 0 bridgehead atoms. The van der Waals surface area contributed by atoms with Crippen LogP contribution in [0.2, 0.25) is 19.6 Å². The van der Waals surface area contributed by atoms with E-state index in [1.54, 1.807) is 0 Å². The van der Waals surface area contributed by atoms with Crippen molar-refractivity contribution in [3.63, 3.8) is 0 Å². The van der Waals surface area contributed by atoms with Crippen LogP contribution in [0.25, 0.3) is 0 Å². The number of allylic oxidation sites excluding steroid dienone is 4. The van der Waals surface area contributed by atoms with Gasteiger partial charge in [-0.15, -0.1) is 0 Å². The molecule has 0 heterocycles. The Balaban J connectivity index is 3.24. The number of unbranched alkanes of at least 4 members (excludes halogenated alkanes) is 12. The predicted octanol–water partition coefficient (Wildman–Crippen LogP) is 8.41. The fourth-order valence-corrected chi connectivity index (χ4v) is 13.5. The van der Waals surface area contributed by atoms with Crippen LogP contribution in [0.3, 0.4) is 0 Å². The van der Waals surface area contributed by atoms with Crippen molar-refractivity contribution in [2.45, 2.75) is 162 Å². The molecule has 0 saturated carbocycles. The van der Waals surface area contributed by atoms with Crippen molar-refractivity contribution >= 4 is 25.8 Å². The van der Waals surface area contributed by atoms with Gasteiger partial charge in [-0.05, 0) is 0 Å². The fraction of sp³-hybridized carbons (Fsp3) is 0.781. The van der Waals surface area contributed by atoms with Gasteiger partial charge in [-0.3, -0.25) is 0 Å². The first-order valence-corrected chi connectivity index (χ1v) is 22.6. The van der Waals surface area contributed by atoms with E-state index in [4.69, 9.17) is 0 Å². The molecule has 40 heavy (non-hydrogen) atoms. The summed E-state index contributed by atoms with van der Waals surface area (Å²) in [6.07, 6.45) is 22.3. The van der Waals surface area contributed by atoms with Crippen molar-refractivity contribution in [3.05, 3.63) is 21.6 Å². The summed E-state index contributed by atoms with van der Waals surface area (Å²) in [5.41, 5.74) is 0. The van der Waals surface area contributed by atoms with Gasteiger partial charge in [0.05, 0.1) is 0 Å². The van der Waals surface area contributed by atoms with Gasteiger partial charge in [0.15, 0.2) is 0 Å². The molecule has 0 aromatic rings. The van der Waals surface area contributed by atoms with Crippen molar-refractivity contribution in [3.8, 4) is 0 Å². The summed E-state index contributed by atoms with van der Waals surface area (Å²) in [6, 6.07) is 0. The number of amides is 3. The second-order valence-corrected chi connectivity index (χ2v) is 21.5. The summed E-state index contributed by atoms with van der Waals surface area (Å²) in [5.74, 6) is -0.153. The Morgan fingerprint density at radius 3 is 1.30 bits per heavy atom. The van der Waals surface area contributed by atoms with E-state index in [2.05, 4.69) is 65.1 Å². The molecule has 0 aromatic carbocycles. The molecule has 231 valence electrons. The van der Waals surface area contributed by atoms with Gasteiger partial charge in [-0.25, -0.2) is 0 Å². The minimum absolute atomic E-state index is 0.0511. The zero-order chi connectivity index (χ0) is 29.9. The van der Waals surface area contributed by atoms with Gasteiger partial charge in [0.2, 0.25) is 0 Å². The van der Waals surface area contributed by atoms with E-state index < -0.39 is 22.8 Å². The van der Waals surface area contributed by atoms with E-state index in [9.17, 15) is 14.4 Å². The Morgan fingerprint density at radius 1 is 0.625 bits per heavy atom. The monoisotopic (exact) mass is 614 g/mol. The van der Waals surface area contributed by atoms with Crippen LogP contribution in [0.5, 0.6) is 0 Å². The molecule has 0 unspecified atom stereocenters. The molecular weight excluding hydrogens is 553 g/mol. The first kappa shape index (κ1) is 36.7. The summed E-state index contributed by atoms with van der Waals surface area (Å²) < 4.78 is 11.1. The first-order chi connectivity index (χ1) is 19.1. The zero-order valence-electron chi connectivity index (χ0n) is 26.8. The summed E-state index contributed by atoms with van der Waals surface area (Å²) >= 11 is -3.87. The number of hydrogen-bond donors (Lipinski definition) is 3. The summed E-state index contributed by atoms with van der Waals surface area (Å²) in [6.45, 7) is 13.4. The molecule has 0 atom stereocenters. The molecular formula is C32H61N3O3SiV. The average molecular weight is 615 g/mol. The standard InChI is InChI=1S/3C8H17NO.C8H13Si.V/c3*1-2-3-4-5-6-7-8(9)10;1-9(2,3)8-6-4-5-7-8;/h3*2-7H2,1H3,(H2,9,10);4,6H,5H2,1-3H3;/q;;;;+3/p-3. The van der Waals surface area contributed by atoms with E-state index in [1.807, 2.05) is 0 Å². The van der Waals surface area contributed by atoms with Gasteiger partial charge >= 0.3 is 251 Å². The second kappa shape index (κ2) is 20.5. The molecule has 1 aliphatic rings. The maximum absolute atomic E-state index is 13.4. The number of rotatable bonds is 23. The first-order valence-electron chi connectivity index (χ1n) is 16.3. The van der Waals surface area contributed by atoms with Crippen LogP contribution in [-0.4, -0.2) is 25.8 Å². The van der Waals surface area contributed by atoms with Gasteiger partial charge in [0, 0.05) is 0 Å². The SMILES string of the molecule is CCCCCCCC(=O)[NH][V]([NH]C(=O)CCCCCCC)([NH]C(=O)CCCCCCC)[C]1=C([Si](C)(C)C)C=CC1. The van der Waals surface area contributed by atoms with Crippen molar-refractivity contribution in [1.82, 2.24) is 12.5 Å². The van der Waals surface area contributed by atoms with Gasteiger partial charge in [-0.2, -0.15) is 0 Å². The minimum atomic E-state index is -3.87. The molecule has 6 nitrogen and oxygen atoms in total. The van der Waals surface area contributed by atoms with Gasteiger partial charge in [0.25, 0.3) is 0 Å². The Labute approximate surface area is 250 Å². The summed E-state index contributed by atoms with van der Waals surface area (Å²) in [7, 11) is -1.79. The normalized spacial score (nSPS) is 13.6. The maximum atomic E-state index is 13.4. The third-order valence-corrected chi connectivity index (χ3v) is 14.6. The third-order valence-electron chi connectivity index (χ3n) is 7.52. The number of carbonyl (C=O) groups is 3. The Bertz CT molecular complexity index is 766. The van der Waals surface area contributed by atoms with Crippen molar-refractivity contribution < 1.29 is 29.1 Å². The van der Waals surface area contributed by atoms with E-state index >= 15 is 0 Å². The van der Waals surface area contributed by atoms with Crippen LogP contribution in [0.4, 0.5) is 0 Å². The topological polar surface area (TPSA) is 87.3 Å². The molecule has 3 amide bonds. The molecule has 1 rings (SSSR count). The fourth-order valence-electron chi connectivity index (χ4n) is 5.18. The molecule has 0 saturated heterocycles. The van der Waals surface area contributed by atoms with E-state index in [-0.39, 0.29) is 17.7 Å². The molecule has 3 N–H and O–H groups in total. The molecule has 0 spiro atoms. The van der Waals surface area contributed by atoms with E-state index in [1.165, 1.54) is 43.7 Å². The number of carbonyl (C=O) groups excluding carboxylic acids is 3. The van der Waals surface area contributed by atoms with Crippen LogP contribution in [0, 0.1) is 0 Å². The second-order valence-electron chi connectivity index (χ2n) is 12.5. The van der Waals surface area contributed by atoms with E-state index in [0.29, 0.717) is 25.7 Å².